The molecule has 0 aliphatic carbocycles. The summed E-state index contributed by atoms with van der Waals surface area (Å²) in [6, 6.07) is 6.96. The van der Waals surface area contributed by atoms with Gasteiger partial charge in [-0.15, -0.1) is 0 Å². The molecule has 0 spiro atoms. The van der Waals surface area contributed by atoms with Crippen LogP contribution in [0.4, 0.5) is 15.8 Å². The van der Waals surface area contributed by atoms with Crippen molar-refractivity contribution in [2.75, 3.05) is 11.4 Å². The summed E-state index contributed by atoms with van der Waals surface area (Å²) in [6.07, 6.45) is 3.70. The predicted molar refractivity (Wildman–Crippen MR) is 76.9 cm³/mol. The fourth-order valence-corrected chi connectivity index (χ4v) is 2.67. The highest BCUT2D eigenvalue weighted by atomic mass is 19.1. The summed E-state index contributed by atoms with van der Waals surface area (Å²) in [4.78, 5) is 16.7. The minimum Gasteiger partial charge on any atom is -0.360 e. The Balaban J connectivity index is 1.92. The molecule has 1 aromatic carbocycles. The number of aromatic nitrogens is 1. The fourth-order valence-electron chi connectivity index (χ4n) is 2.67. The molecule has 0 amide bonds. The summed E-state index contributed by atoms with van der Waals surface area (Å²) >= 11 is 0. The van der Waals surface area contributed by atoms with Gasteiger partial charge in [0.15, 0.2) is 0 Å². The number of alkyl halides is 1. The summed E-state index contributed by atoms with van der Waals surface area (Å²) in [5, 5.41) is 11.1. The molecule has 0 N–H and O–H groups in total. The molecule has 0 saturated heterocycles. The standard InChI is InChI=1S/C15H14FN3O2/c16-8-11-1-2-13-10-18(6-4-12(13)7-11)15-9-17-5-3-14(15)19(20)21/h1-3,5,7,9H,4,6,8,10H2. The van der Waals surface area contributed by atoms with Crippen molar-refractivity contribution in [3.05, 3.63) is 63.5 Å². The highest BCUT2D eigenvalue weighted by molar-refractivity contribution is 5.62. The summed E-state index contributed by atoms with van der Waals surface area (Å²) in [5.74, 6) is 0. The molecule has 2 heterocycles. The number of halogens is 1. The number of benzene rings is 1. The molecule has 0 atom stereocenters. The van der Waals surface area contributed by atoms with Crippen LogP contribution in [0.1, 0.15) is 16.7 Å². The van der Waals surface area contributed by atoms with Gasteiger partial charge in [0.1, 0.15) is 12.4 Å². The molecule has 1 aliphatic rings. The zero-order valence-electron chi connectivity index (χ0n) is 11.3. The van der Waals surface area contributed by atoms with E-state index in [2.05, 4.69) is 4.98 Å². The number of rotatable bonds is 3. The molecular formula is C15H14FN3O2. The van der Waals surface area contributed by atoms with Crippen molar-refractivity contribution in [2.45, 2.75) is 19.6 Å². The maximum atomic E-state index is 12.7. The Kier molecular flexibility index (Phi) is 3.51. The number of pyridine rings is 1. The van der Waals surface area contributed by atoms with Crippen LogP contribution in [-0.2, 0) is 19.6 Å². The van der Waals surface area contributed by atoms with Gasteiger partial charge in [-0.1, -0.05) is 18.2 Å². The first-order chi connectivity index (χ1) is 10.2. The highest BCUT2D eigenvalue weighted by Gasteiger charge is 2.23. The van der Waals surface area contributed by atoms with Crippen molar-refractivity contribution in [2.24, 2.45) is 0 Å². The van der Waals surface area contributed by atoms with Crippen LogP contribution in [0.25, 0.3) is 0 Å². The van der Waals surface area contributed by atoms with Crippen molar-refractivity contribution in [1.29, 1.82) is 0 Å². The largest absolute Gasteiger partial charge is 0.360 e. The van der Waals surface area contributed by atoms with E-state index in [1.165, 1.54) is 18.5 Å². The first-order valence-electron chi connectivity index (χ1n) is 6.69. The molecule has 21 heavy (non-hydrogen) atoms. The number of hydrogen-bond donors (Lipinski definition) is 0. The van der Waals surface area contributed by atoms with Gasteiger partial charge in [0.2, 0.25) is 0 Å². The molecule has 0 unspecified atom stereocenters. The molecule has 1 aromatic heterocycles. The van der Waals surface area contributed by atoms with Gasteiger partial charge in [-0.3, -0.25) is 15.1 Å². The van der Waals surface area contributed by atoms with Gasteiger partial charge in [0.25, 0.3) is 5.69 Å². The quantitative estimate of drug-likeness (QED) is 0.643. The third-order valence-corrected chi connectivity index (χ3v) is 3.75. The van der Waals surface area contributed by atoms with Crippen molar-refractivity contribution in [3.8, 4) is 0 Å². The van der Waals surface area contributed by atoms with E-state index in [9.17, 15) is 14.5 Å². The van der Waals surface area contributed by atoms with Crippen molar-refractivity contribution in [3.63, 3.8) is 0 Å². The topological polar surface area (TPSA) is 59.3 Å². The lowest BCUT2D eigenvalue weighted by Gasteiger charge is -2.30. The summed E-state index contributed by atoms with van der Waals surface area (Å²) < 4.78 is 12.7. The summed E-state index contributed by atoms with van der Waals surface area (Å²) in [6.45, 7) is 0.773. The van der Waals surface area contributed by atoms with E-state index in [0.717, 1.165) is 17.5 Å². The Labute approximate surface area is 121 Å². The van der Waals surface area contributed by atoms with E-state index in [1.807, 2.05) is 17.0 Å². The molecule has 0 radical (unpaired) electrons. The molecule has 0 bridgehead atoms. The minimum atomic E-state index is -0.467. The SMILES string of the molecule is O=[N+]([O-])c1ccncc1N1CCc2cc(CF)ccc2C1. The van der Waals surface area contributed by atoms with Crippen LogP contribution in [-0.4, -0.2) is 16.5 Å². The van der Waals surface area contributed by atoms with Gasteiger partial charge in [-0.25, -0.2) is 4.39 Å². The number of fused-ring (bicyclic) bond motifs is 1. The van der Waals surface area contributed by atoms with Gasteiger partial charge >= 0.3 is 0 Å². The smallest absolute Gasteiger partial charge is 0.295 e. The zero-order chi connectivity index (χ0) is 14.8. The van der Waals surface area contributed by atoms with Gasteiger partial charge in [0, 0.05) is 25.4 Å². The Morgan fingerprint density at radius 1 is 1.33 bits per heavy atom. The van der Waals surface area contributed by atoms with Crippen LogP contribution in [0.2, 0.25) is 0 Å². The van der Waals surface area contributed by atoms with E-state index in [0.29, 0.717) is 24.3 Å². The highest BCUT2D eigenvalue weighted by Crippen LogP contribution is 2.31. The first-order valence-corrected chi connectivity index (χ1v) is 6.69. The average molecular weight is 287 g/mol. The third kappa shape index (κ3) is 2.56. The van der Waals surface area contributed by atoms with E-state index in [4.69, 9.17) is 0 Å². The van der Waals surface area contributed by atoms with Crippen molar-refractivity contribution >= 4 is 11.4 Å². The second-order valence-corrected chi connectivity index (χ2v) is 5.03. The molecule has 2 aromatic rings. The monoisotopic (exact) mass is 287 g/mol. The second-order valence-electron chi connectivity index (χ2n) is 5.03. The molecular weight excluding hydrogens is 273 g/mol. The summed E-state index contributed by atoms with van der Waals surface area (Å²) in [5.41, 5.74) is 3.47. The number of anilines is 1. The van der Waals surface area contributed by atoms with Crippen LogP contribution in [0.5, 0.6) is 0 Å². The van der Waals surface area contributed by atoms with E-state index in [1.54, 1.807) is 6.07 Å². The summed E-state index contributed by atoms with van der Waals surface area (Å²) in [7, 11) is 0. The Morgan fingerprint density at radius 2 is 2.19 bits per heavy atom. The first kappa shape index (κ1) is 13.5. The Hall–Kier alpha value is -2.50. The van der Waals surface area contributed by atoms with Gasteiger partial charge in [-0.2, -0.15) is 0 Å². The van der Waals surface area contributed by atoms with E-state index in [-0.39, 0.29) is 5.69 Å². The zero-order valence-corrected chi connectivity index (χ0v) is 11.3. The second kappa shape index (κ2) is 5.47. The van der Waals surface area contributed by atoms with Gasteiger partial charge in [0.05, 0.1) is 11.1 Å². The third-order valence-electron chi connectivity index (χ3n) is 3.75. The molecule has 0 fully saturated rings. The van der Waals surface area contributed by atoms with Crippen LogP contribution in [0.3, 0.4) is 0 Å². The average Bonchev–Trinajstić information content (AvgIpc) is 2.53. The number of nitro groups is 1. The predicted octanol–water partition coefficient (Wildman–Crippen LogP) is 3.02. The minimum absolute atomic E-state index is 0.0637. The lowest BCUT2D eigenvalue weighted by atomic mass is 9.97. The lowest BCUT2D eigenvalue weighted by molar-refractivity contribution is -0.384. The molecule has 6 heteroatoms. The van der Waals surface area contributed by atoms with Crippen molar-refractivity contribution in [1.82, 2.24) is 4.98 Å². The number of nitrogens with zero attached hydrogens (tertiary/aromatic N) is 3. The van der Waals surface area contributed by atoms with Crippen LogP contribution < -0.4 is 4.90 Å². The number of hydrogen-bond acceptors (Lipinski definition) is 4. The van der Waals surface area contributed by atoms with E-state index < -0.39 is 11.6 Å². The molecule has 0 saturated carbocycles. The van der Waals surface area contributed by atoms with Crippen LogP contribution in [0.15, 0.2) is 36.7 Å². The molecule has 1 aliphatic heterocycles. The molecule has 3 rings (SSSR count). The van der Waals surface area contributed by atoms with Crippen molar-refractivity contribution < 1.29 is 9.31 Å². The van der Waals surface area contributed by atoms with E-state index >= 15 is 0 Å². The normalized spacial score (nSPS) is 13.9. The molecule has 5 nitrogen and oxygen atoms in total. The van der Waals surface area contributed by atoms with Crippen LogP contribution in [0, 0.1) is 10.1 Å². The Morgan fingerprint density at radius 3 is 2.95 bits per heavy atom. The molecule has 108 valence electrons. The van der Waals surface area contributed by atoms with Gasteiger partial charge in [-0.05, 0) is 23.1 Å². The maximum absolute atomic E-state index is 12.7. The van der Waals surface area contributed by atoms with Gasteiger partial charge < -0.3 is 4.90 Å². The fraction of sp³-hybridized carbons (Fsp3) is 0.267. The Bertz CT molecular complexity index is 690. The van der Waals surface area contributed by atoms with Crippen LogP contribution >= 0.6 is 0 Å². The maximum Gasteiger partial charge on any atom is 0.295 e. The lowest BCUT2D eigenvalue weighted by Crippen LogP contribution is -2.31.